The van der Waals surface area contributed by atoms with Crippen molar-refractivity contribution < 1.29 is 17.9 Å². The summed E-state index contributed by atoms with van der Waals surface area (Å²) in [6.07, 6.45) is 0. The molecular formula is C19H25F3N2OSi. The summed E-state index contributed by atoms with van der Waals surface area (Å²) in [4.78, 5) is 3.98. The van der Waals surface area contributed by atoms with E-state index in [0.717, 1.165) is 6.07 Å². The van der Waals surface area contributed by atoms with E-state index >= 15 is 8.78 Å². The number of hydrogen-bond donors (Lipinski definition) is 1. The van der Waals surface area contributed by atoms with Crippen molar-refractivity contribution in [3.63, 3.8) is 0 Å². The molecule has 1 heterocycles. The van der Waals surface area contributed by atoms with Crippen molar-refractivity contribution in [3.8, 4) is 11.5 Å². The summed E-state index contributed by atoms with van der Waals surface area (Å²) in [5.74, 6) is -1.41. The number of nitrogens with zero attached hydrogens (tertiary/aromatic N) is 1. The molecule has 1 aliphatic rings. The van der Waals surface area contributed by atoms with Crippen molar-refractivity contribution in [2.75, 3.05) is 6.61 Å². The van der Waals surface area contributed by atoms with Crippen molar-refractivity contribution in [1.82, 2.24) is 0 Å². The van der Waals surface area contributed by atoms with E-state index in [1.807, 2.05) is 0 Å². The predicted octanol–water partition coefficient (Wildman–Crippen LogP) is 4.07. The van der Waals surface area contributed by atoms with E-state index in [1.54, 1.807) is 0 Å². The molecule has 26 heavy (non-hydrogen) atoms. The Morgan fingerprint density at radius 3 is 2.38 bits per heavy atom. The highest BCUT2D eigenvalue weighted by atomic mass is 28.3. The number of ether oxygens (including phenoxy) is 1. The maximum Gasteiger partial charge on any atom is 0.304 e. The fourth-order valence-corrected chi connectivity index (χ4v) is 3.31. The Morgan fingerprint density at radius 1 is 1.19 bits per heavy atom. The van der Waals surface area contributed by atoms with E-state index in [0.29, 0.717) is 5.56 Å². The van der Waals surface area contributed by atoms with Gasteiger partial charge in [-0.05, 0) is 39.0 Å². The van der Waals surface area contributed by atoms with E-state index in [4.69, 9.17) is 10.5 Å². The lowest BCUT2D eigenvalue weighted by molar-refractivity contribution is -0.214. The van der Waals surface area contributed by atoms with Crippen LogP contribution in [0.3, 0.4) is 0 Å². The first-order valence-electron chi connectivity index (χ1n) is 8.39. The van der Waals surface area contributed by atoms with Crippen molar-refractivity contribution in [3.05, 3.63) is 35.1 Å². The summed E-state index contributed by atoms with van der Waals surface area (Å²) in [7, 11) is -1.67. The molecule has 0 saturated heterocycles. The summed E-state index contributed by atoms with van der Waals surface area (Å²) in [5.41, 5.74) is 5.03. The minimum atomic E-state index is -3.51. The second kappa shape index (κ2) is 6.43. The quantitative estimate of drug-likeness (QED) is 0.588. The molecule has 0 amide bonds. The molecule has 1 atom stereocenters. The lowest BCUT2D eigenvalue weighted by atomic mass is 9.77. The highest BCUT2D eigenvalue weighted by Crippen LogP contribution is 2.50. The van der Waals surface area contributed by atoms with Gasteiger partial charge in [0.15, 0.2) is 5.54 Å². The van der Waals surface area contributed by atoms with Crippen LogP contribution < -0.4 is 5.73 Å². The van der Waals surface area contributed by atoms with Gasteiger partial charge < -0.3 is 10.5 Å². The Hall–Kier alpha value is -1.78. The lowest BCUT2D eigenvalue weighted by Gasteiger charge is -2.41. The zero-order chi connectivity index (χ0) is 20.0. The molecule has 0 bridgehead atoms. The molecule has 1 aromatic rings. The van der Waals surface area contributed by atoms with Gasteiger partial charge in [0.05, 0.1) is 0 Å². The van der Waals surface area contributed by atoms with Gasteiger partial charge in [0.2, 0.25) is 0 Å². The maximum absolute atomic E-state index is 15.4. The van der Waals surface area contributed by atoms with Gasteiger partial charge in [0.25, 0.3) is 0 Å². The molecule has 0 aromatic heterocycles. The first-order valence-corrected chi connectivity index (χ1v) is 11.9. The molecule has 1 aliphatic heterocycles. The number of alkyl halides is 2. The van der Waals surface area contributed by atoms with Crippen LogP contribution in [-0.2, 0) is 10.3 Å². The van der Waals surface area contributed by atoms with Crippen LogP contribution in [0.25, 0.3) is 0 Å². The molecule has 142 valence electrons. The monoisotopic (exact) mass is 382 g/mol. The van der Waals surface area contributed by atoms with Gasteiger partial charge in [-0.3, -0.25) is 4.99 Å². The van der Waals surface area contributed by atoms with E-state index in [2.05, 4.69) is 36.1 Å². The van der Waals surface area contributed by atoms with Crippen LogP contribution in [0.4, 0.5) is 13.2 Å². The molecule has 0 fully saturated rings. The lowest BCUT2D eigenvalue weighted by Crippen LogP contribution is -2.56. The van der Waals surface area contributed by atoms with Crippen LogP contribution in [0.5, 0.6) is 0 Å². The van der Waals surface area contributed by atoms with Crippen LogP contribution in [0.15, 0.2) is 23.2 Å². The summed E-state index contributed by atoms with van der Waals surface area (Å²) >= 11 is 0. The molecule has 7 heteroatoms. The highest BCUT2D eigenvalue weighted by Gasteiger charge is 2.63. The number of halogens is 3. The molecule has 0 aliphatic carbocycles. The zero-order valence-electron chi connectivity index (χ0n) is 16.0. The number of hydrogen-bond acceptors (Lipinski definition) is 3. The second-order valence-electron chi connectivity index (χ2n) is 8.24. The van der Waals surface area contributed by atoms with Gasteiger partial charge >= 0.3 is 5.92 Å². The van der Waals surface area contributed by atoms with Gasteiger partial charge in [0.1, 0.15) is 31.9 Å². The van der Waals surface area contributed by atoms with E-state index in [1.165, 1.54) is 32.9 Å². The molecule has 3 nitrogen and oxygen atoms in total. The van der Waals surface area contributed by atoms with Crippen LogP contribution in [-0.4, -0.2) is 32.0 Å². The summed E-state index contributed by atoms with van der Waals surface area (Å²) < 4.78 is 50.6. The molecule has 0 spiro atoms. The van der Waals surface area contributed by atoms with E-state index in [-0.39, 0.29) is 18.0 Å². The molecule has 0 saturated carbocycles. The summed E-state index contributed by atoms with van der Waals surface area (Å²) in [6, 6.07) is 3.98. The van der Waals surface area contributed by atoms with Gasteiger partial charge in [-0.15, -0.1) is 5.54 Å². The first kappa shape index (κ1) is 20.5. The Labute approximate surface area is 153 Å². The van der Waals surface area contributed by atoms with Gasteiger partial charge in [-0.25, -0.2) is 13.2 Å². The summed E-state index contributed by atoms with van der Waals surface area (Å²) in [6.45, 7) is 9.65. The Bertz CT molecular complexity index is 803. The molecule has 2 rings (SSSR count). The fourth-order valence-electron chi connectivity index (χ4n) is 2.79. The minimum absolute atomic E-state index is 0.101. The van der Waals surface area contributed by atoms with E-state index < -0.39 is 31.0 Å². The number of aliphatic imine (C=N–C) groups is 1. The van der Waals surface area contributed by atoms with Gasteiger partial charge in [0, 0.05) is 11.1 Å². The standard InChI is InChI=1S/C19H25F3N2OSi/c1-17(2)19(21,22)18(3,24-16(23)12-25-17)14-11-13(7-8-15(14)20)9-10-26(4,5)6/h7-8,11H,12H2,1-6H3,(H2,23,24). The average molecular weight is 383 g/mol. The first-order chi connectivity index (χ1) is 11.7. The Balaban J connectivity index is 2.70. The van der Waals surface area contributed by atoms with Crippen LogP contribution in [0, 0.1) is 17.3 Å². The number of nitrogens with two attached hydrogens (primary N) is 1. The van der Waals surface area contributed by atoms with Crippen molar-refractivity contribution in [1.29, 1.82) is 0 Å². The Morgan fingerprint density at radius 2 is 1.81 bits per heavy atom. The average Bonchev–Trinajstić information content (AvgIpc) is 2.55. The van der Waals surface area contributed by atoms with Gasteiger partial charge in [-0.2, -0.15) is 0 Å². The SMILES string of the molecule is CC1(C)OCC(N)=NC(C)(c2cc(C#C[Si](C)(C)C)ccc2F)C1(F)F. The molecule has 1 aromatic carbocycles. The van der Waals surface area contributed by atoms with Crippen LogP contribution >= 0.6 is 0 Å². The number of amidine groups is 1. The third kappa shape index (κ3) is 3.67. The third-order valence-electron chi connectivity index (χ3n) is 4.39. The van der Waals surface area contributed by atoms with Crippen molar-refractivity contribution >= 4 is 13.9 Å². The van der Waals surface area contributed by atoms with Crippen LogP contribution in [0.2, 0.25) is 19.6 Å². The van der Waals surface area contributed by atoms with Crippen molar-refractivity contribution in [2.45, 2.75) is 57.5 Å². The van der Waals surface area contributed by atoms with Gasteiger partial charge in [-0.1, -0.05) is 25.6 Å². The maximum atomic E-state index is 15.4. The largest absolute Gasteiger partial charge is 0.385 e. The number of benzene rings is 1. The van der Waals surface area contributed by atoms with E-state index in [9.17, 15) is 4.39 Å². The normalized spacial score (nSPS) is 24.9. The van der Waals surface area contributed by atoms with Crippen LogP contribution in [0.1, 0.15) is 31.9 Å². The Kier molecular flexibility index (Phi) is 5.08. The predicted molar refractivity (Wildman–Crippen MR) is 101 cm³/mol. The topological polar surface area (TPSA) is 47.6 Å². The summed E-state index contributed by atoms with van der Waals surface area (Å²) in [5, 5.41) is 0. The fraction of sp³-hybridized carbons (Fsp3) is 0.526. The van der Waals surface area contributed by atoms with Crippen molar-refractivity contribution in [2.24, 2.45) is 10.7 Å². The second-order valence-corrected chi connectivity index (χ2v) is 13.0. The molecular weight excluding hydrogens is 357 g/mol. The zero-order valence-corrected chi connectivity index (χ0v) is 17.0. The minimum Gasteiger partial charge on any atom is -0.385 e. The molecule has 1 unspecified atom stereocenters. The molecule has 2 N–H and O–H groups in total. The molecule has 0 radical (unpaired) electrons. The number of rotatable bonds is 1. The third-order valence-corrected chi connectivity index (χ3v) is 5.26. The smallest absolute Gasteiger partial charge is 0.304 e. The highest BCUT2D eigenvalue weighted by molar-refractivity contribution is 6.83.